The summed E-state index contributed by atoms with van der Waals surface area (Å²) in [6.45, 7) is 1.50. The number of nitrogens with zero attached hydrogens (tertiary/aromatic N) is 3. The maximum Gasteiger partial charge on any atom is 0.223 e. The van der Waals surface area contributed by atoms with E-state index in [1.807, 2.05) is 23.1 Å². The second-order valence-electron chi connectivity index (χ2n) is 5.12. The van der Waals surface area contributed by atoms with Crippen LogP contribution in [0.2, 0.25) is 0 Å². The first-order chi connectivity index (χ1) is 9.83. The zero-order chi connectivity index (χ0) is 13.8. The molecule has 1 unspecified atom stereocenters. The van der Waals surface area contributed by atoms with Gasteiger partial charge in [-0.1, -0.05) is 35.5 Å². The van der Waals surface area contributed by atoms with Gasteiger partial charge >= 0.3 is 0 Å². The third-order valence-electron chi connectivity index (χ3n) is 3.69. The summed E-state index contributed by atoms with van der Waals surface area (Å²) in [5.74, 6) is 0.912. The van der Waals surface area contributed by atoms with Crippen molar-refractivity contribution >= 4 is 5.91 Å². The number of carbonyl (C=O) groups excluding carboxylic acids is 1. The topological polar surface area (TPSA) is 59.2 Å². The first-order valence-electron chi connectivity index (χ1n) is 6.91. The van der Waals surface area contributed by atoms with Crippen molar-refractivity contribution in [2.24, 2.45) is 0 Å². The number of likely N-dealkylation sites (tertiary alicyclic amines) is 1. The van der Waals surface area contributed by atoms with Gasteiger partial charge in [-0.2, -0.15) is 4.98 Å². The van der Waals surface area contributed by atoms with Crippen LogP contribution in [0.1, 0.15) is 30.1 Å². The Morgan fingerprint density at radius 2 is 2.15 bits per heavy atom. The monoisotopic (exact) mass is 271 g/mol. The Kier molecular flexibility index (Phi) is 3.76. The Labute approximate surface area is 117 Å². The highest BCUT2D eigenvalue weighted by Crippen LogP contribution is 2.25. The third kappa shape index (κ3) is 2.87. The quantitative estimate of drug-likeness (QED) is 0.834. The number of aryl methyl sites for hydroxylation is 1. The second-order valence-corrected chi connectivity index (χ2v) is 5.12. The van der Waals surface area contributed by atoms with Gasteiger partial charge in [0.25, 0.3) is 0 Å². The summed E-state index contributed by atoms with van der Waals surface area (Å²) >= 11 is 0. The minimum Gasteiger partial charge on any atom is -0.343 e. The van der Waals surface area contributed by atoms with Crippen LogP contribution in [0.4, 0.5) is 0 Å². The molecule has 1 saturated heterocycles. The van der Waals surface area contributed by atoms with Crippen LogP contribution < -0.4 is 0 Å². The largest absolute Gasteiger partial charge is 0.343 e. The normalized spacial score (nSPS) is 18.7. The SMILES string of the molecule is O=C1CC(c2ncon2)CN1CCCc1ccccc1. The van der Waals surface area contributed by atoms with Crippen molar-refractivity contribution in [3.8, 4) is 0 Å². The molecule has 1 fully saturated rings. The molecule has 2 aromatic rings. The summed E-state index contributed by atoms with van der Waals surface area (Å²) in [6, 6.07) is 10.3. The molecule has 1 aromatic carbocycles. The fourth-order valence-corrected chi connectivity index (χ4v) is 2.64. The van der Waals surface area contributed by atoms with Gasteiger partial charge in [-0.25, -0.2) is 0 Å². The third-order valence-corrected chi connectivity index (χ3v) is 3.69. The highest BCUT2D eigenvalue weighted by molar-refractivity contribution is 5.79. The Hall–Kier alpha value is -2.17. The Morgan fingerprint density at radius 3 is 2.90 bits per heavy atom. The molecule has 5 nitrogen and oxygen atoms in total. The zero-order valence-electron chi connectivity index (χ0n) is 11.2. The molecule has 1 atom stereocenters. The van der Waals surface area contributed by atoms with Crippen LogP contribution in [0.5, 0.6) is 0 Å². The van der Waals surface area contributed by atoms with Crippen molar-refractivity contribution in [3.05, 3.63) is 48.1 Å². The molecule has 1 aliphatic heterocycles. The number of hydrogen-bond donors (Lipinski definition) is 0. The Morgan fingerprint density at radius 1 is 1.30 bits per heavy atom. The van der Waals surface area contributed by atoms with E-state index in [0.717, 1.165) is 19.4 Å². The van der Waals surface area contributed by atoms with Crippen LogP contribution >= 0.6 is 0 Å². The van der Waals surface area contributed by atoms with Crippen LogP contribution in [-0.4, -0.2) is 34.0 Å². The molecule has 0 bridgehead atoms. The predicted molar refractivity (Wildman–Crippen MR) is 73.0 cm³/mol. The van der Waals surface area contributed by atoms with Gasteiger partial charge in [0.1, 0.15) is 0 Å². The molecule has 0 spiro atoms. The number of benzene rings is 1. The fraction of sp³-hybridized carbons (Fsp3) is 0.400. The zero-order valence-corrected chi connectivity index (χ0v) is 11.2. The highest BCUT2D eigenvalue weighted by atomic mass is 16.5. The summed E-state index contributed by atoms with van der Waals surface area (Å²) in [6.07, 6.45) is 3.79. The standard InChI is InChI=1S/C15H17N3O2/c19-14-9-13(15-16-11-20-17-15)10-18(14)8-4-7-12-5-2-1-3-6-12/h1-3,5-6,11,13H,4,7-10H2. The molecule has 1 aliphatic rings. The summed E-state index contributed by atoms with van der Waals surface area (Å²) in [7, 11) is 0. The summed E-state index contributed by atoms with van der Waals surface area (Å²) < 4.78 is 4.75. The lowest BCUT2D eigenvalue weighted by Gasteiger charge is -2.15. The molecule has 1 aromatic heterocycles. The Balaban J connectivity index is 1.50. The van der Waals surface area contributed by atoms with E-state index in [2.05, 4.69) is 22.3 Å². The van der Waals surface area contributed by atoms with Crippen molar-refractivity contribution in [1.29, 1.82) is 0 Å². The van der Waals surface area contributed by atoms with Crippen molar-refractivity contribution in [3.63, 3.8) is 0 Å². The molecule has 1 amide bonds. The van der Waals surface area contributed by atoms with Crippen molar-refractivity contribution in [1.82, 2.24) is 15.0 Å². The fourth-order valence-electron chi connectivity index (χ4n) is 2.64. The molecule has 0 N–H and O–H groups in total. The van der Waals surface area contributed by atoms with Crippen LogP contribution in [-0.2, 0) is 11.2 Å². The molecule has 20 heavy (non-hydrogen) atoms. The lowest BCUT2D eigenvalue weighted by molar-refractivity contribution is -0.127. The van der Waals surface area contributed by atoms with E-state index < -0.39 is 0 Å². The maximum absolute atomic E-state index is 12.0. The van der Waals surface area contributed by atoms with E-state index in [4.69, 9.17) is 4.52 Å². The van der Waals surface area contributed by atoms with Gasteiger partial charge in [-0.3, -0.25) is 4.79 Å². The first kappa shape index (κ1) is 12.8. The molecule has 3 rings (SSSR count). The van der Waals surface area contributed by atoms with E-state index in [-0.39, 0.29) is 11.8 Å². The summed E-state index contributed by atoms with van der Waals surface area (Å²) in [5.41, 5.74) is 1.31. The predicted octanol–water partition coefficient (Wildman–Crippen LogP) is 2.02. The maximum atomic E-state index is 12.0. The second kappa shape index (κ2) is 5.86. The molecule has 0 radical (unpaired) electrons. The first-order valence-corrected chi connectivity index (χ1v) is 6.91. The number of amides is 1. The minimum atomic E-state index is 0.0815. The molecule has 0 saturated carbocycles. The van der Waals surface area contributed by atoms with E-state index in [0.29, 0.717) is 18.8 Å². The van der Waals surface area contributed by atoms with E-state index >= 15 is 0 Å². The van der Waals surface area contributed by atoms with Gasteiger partial charge in [-0.05, 0) is 18.4 Å². The average Bonchev–Trinajstić information content (AvgIpc) is 3.10. The van der Waals surface area contributed by atoms with Crippen molar-refractivity contribution in [2.45, 2.75) is 25.2 Å². The number of rotatable bonds is 5. The van der Waals surface area contributed by atoms with Crippen LogP contribution in [0.15, 0.2) is 41.2 Å². The minimum absolute atomic E-state index is 0.0815. The lowest BCUT2D eigenvalue weighted by atomic mass is 10.1. The van der Waals surface area contributed by atoms with Crippen LogP contribution in [0.3, 0.4) is 0 Å². The number of aromatic nitrogens is 2. The molecule has 5 heteroatoms. The molecular weight excluding hydrogens is 254 g/mol. The molecule has 0 aliphatic carbocycles. The van der Waals surface area contributed by atoms with Gasteiger partial charge in [0.15, 0.2) is 5.82 Å². The number of carbonyl (C=O) groups is 1. The van der Waals surface area contributed by atoms with E-state index in [1.54, 1.807) is 0 Å². The van der Waals surface area contributed by atoms with E-state index in [1.165, 1.54) is 12.0 Å². The van der Waals surface area contributed by atoms with Gasteiger partial charge in [0.05, 0.1) is 0 Å². The number of hydrogen-bond acceptors (Lipinski definition) is 4. The smallest absolute Gasteiger partial charge is 0.223 e. The highest BCUT2D eigenvalue weighted by Gasteiger charge is 2.32. The molecule has 2 heterocycles. The van der Waals surface area contributed by atoms with Gasteiger partial charge in [0.2, 0.25) is 12.3 Å². The average molecular weight is 271 g/mol. The van der Waals surface area contributed by atoms with Crippen molar-refractivity contribution in [2.75, 3.05) is 13.1 Å². The van der Waals surface area contributed by atoms with Crippen LogP contribution in [0.25, 0.3) is 0 Å². The van der Waals surface area contributed by atoms with E-state index in [9.17, 15) is 4.79 Å². The summed E-state index contributed by atoms with van der Waals surface area (Å²) in [4.78, 5) is 17.9. The van der Waals surface area contributed by atoms with Crippen LogP contribution in [0, 0.1) is 0 Å². The summed E-state index contributed by atoms with van der Waals surface area (Å²) in [5, 5.41) is 3.83. The Bertz CT molecular complexity index is 554. The van der Waals surface area contributed by atoms with Gasteiger partial charge in [0, 0.05) is 25.4 Å². The van der Waals surface area contributed by atoms with Crippen molar-refractivity contribution < 1.29 is 9.32 Å². The molecule has 104 valence electrons. The molecular formula is C15H17N3O2. The van der Waals surface area contributed by atoms with Gasteiger partial charge < -0.3 is 9.42 Å². The van der Waals surface area contributed by atoms with Gasteiger partial charge in [-0.15, -0.1) is 0 Å². The lowest BCUT2D eigenvalue weighted by Crippen LogP contribution is -2.26.